The predicted molar refractivity (Wildman–Crippen MR) is 76.0 cm³/mol. The van der Waals surface area contributed by atoms with E-state index >= 15 is 0 Å². The maximum absolute atomic E-state index is 5.19. The highest BCUT2D eigenvalue weighted by Gasteiger charge is 2.04. The highest BCUT2D eigenvalue weighted by atomic mass is 16.4. The fraction of sp³-hybridized carbons (Fsp3) is 0.133. The average Bonchev–Trinajstić information content (AvgIpc) is 3.01. The van der Waals surface area contributed by atoms with Crippen LogP contribution in [0.2, 0.25) is 0 Å². The van der Waals surface area contributed by atoms with Crippen LogP contribution in [0, 0.1) is 6.92 Å². The second-order valence-electron chi connectivity index (χ2n) is 4.49. The summed E-state index contributed by atoms with van der Waals surface area (Å²) in [7, 11) is 0. The number of aryl methyl sites for hydroxylation is 1. The van der Waals surface area contributed by atoms with E-state index in [9.17, 15) is 0 Å². The van der Waals surface area contributed by atoms with Crippen molar-refractivity contribution in [3.63, 3.8) is 0 Å². The lowest BCUT2D eigenvalue weighted by molar-refractivity contribution is 0.568. The van der Waals surface area contributed by atoms with Crippen LogP contribution >= 0.6 is 0 Å². The minimum atomic E-state index is 0.519. The first kappa shape index (κ1) is 12.3. The summed E-state index contributed by atoms with van der Waals surface area (Å²) >= 11 is 0. The van der Waals surface area contributed by atoms with Crippen molar-refractivity contribution in [3.05, 3.63) is 60.2 Å². The molecule has 3 aromatic rings. The molecule has 5 heteroatoms. The lowest BCUT2D eigenvalue weighted by Crippen LogP contribution is -2.00. The van der Waals surface area contributed by atoms with Crippen molar-refractivity contribution >= 4 is 5.69 Å². The van der Waals surface area contributed by atoms with Gasteiger partial charge in [-0.15, -0.1) is 10.2 Å². The molecule has 5 nitrogen and oxygen atoms in total. The summed E-state index contributed by atoms with van der Waals surface area (Å²) in [5.74, 6) is 0.519. The molecule has 0 fully saturated rings. The van der Waals surface area contributed by atoms with Crippen LogP contribution in [0.15, 0.2) is 53.4 Å². The Labute approximate surface area is 116 Å². The number of hydrogen-bond acceptors (Lipinski definition) is 5. The molecule has 0 aliphatic heterocycles. The number of anilines is 1. The molecule has 0 unspecified atom stereocenters. The quantitative estimate of drug-likeness (QED) is 0.786. The molecule has 0 atom stereocenters. The van der Waals surface area contributed by atoms with Gasteiger partial charge in [0.15, 0.2) is 0 Å². The van der Waals surface area contributed by atoms with Gasteiger partial charge in [0.25, 0.3) is 0 Å². The number of nitrogens with one attached hydrogen (secondary N) is 1. The van der Waals surface area contributed by atoms with Gasteiger partial charge in [0.2, 0.25) is 12.3 Å². The Morgan fingerprint density at radius 2 is 2.15 bits per heavy atom. The first-order chi connectivity index (χ1) is 9.81. The highest BCUT2D eigenvalue weighted by Crippen LogP contribution is 2.20. The number of pyridine rings is 1. The molecule has 0 amide bonds. The summed E-state index contributed by atoms with van der Waals surface area (Å²) in [6.45, 7) is 2.70. The van der Waals surface area contributed by atoms with Gasteiger partial charge in [-0.05, 0) is 36.8 Å². The molecule has 100 valence electrons. The summed E-state index contributed by atoms with van der Waals surface area (Å²) in [6.07, 6.45) is 3.21. The standard InChI is InChI=1S/C15H14N4O/c1-11-5-6-12(8-16-11)9-17-14-4-2-3-13(7-14)15-19-18-10-20-15/h2-8,10,17H,9H2,1H3. The molecule has 20 heavy (non-hydrogen) atoms. The Hall–Kier alpha value is -2.69. The number of aromatic nitrogens is 3. The molecule has 2 heterocycles. The van der Waals surface area contributed by atoms with Gasteiger partial charge in [-0.3, -0.25) is 4.98 Å². The summed E-state index contributed by atoms with van der Waals surface area (Å²) < 4.78 is 5.19. The minimum absolute atomic E-state index is 0.519. The molecule has 0 bridgehead atoms. The number of hydrogen-bond donors (Lipinski definition) is 1. The fourth-order valence-corrected chi connectivity index (χ4v) is 1.87. The Kier molecular flexibility index (Phi) is 3.41. The maximum Gasteiger partial charge on any atom is 0.247 e. The monoisotopic (exact) mass is 266 g/mol. The Morgan fingerprint density at radius 3 is 2.90 bits per heavy atom. The van der Waals surface area contributed by atoms with Crippen molar-refractivity contribution in [1.82, 2.24) is 15.2 Å². The Balaban J connectivity index is 1.72. The molecule has 1 aromatic carbocycles. The van der Waals surface area contributed by atoms with E-state index < -0.39 is 0 Å². The van der Waals surface area contributed by atoms with Crippen LogP contribution in [0.4, 0.5) is 5.69 Å². The highest BCUT2D eigenvalue weighted by molar-refractivity contribution is 5.60. The van der Waals surface area contributed by atoms with E-state index in [1.165, 1.54) is 6.39 Å². The molecule has 0 saturated carbocycles. The van der Waals surface area contributed by atoms with E-state index in [1.807, 2.05) is 43.5 Å². The molecular weight excluding hydrogens is 252 g/mol. The maximum atomic E-state index is 5.19. The van der Waals surface area contributed by atoms with Crippen LogP contribution in [-0.4, -0.2) is 15.2 Å². The van der Waals surface area contributed by atoms with E-state index in [0.717, 1.165) is 29.1 Å². The molecular formula is C15H14N4O. The molecule has 0 aliphatic rings. The third kappa shape index (κ3) is 2.83. The smallest absolute Gasteiger partial charge is 0.247 e. The van der Waals surface area contributed by atoms with Gasteiger partial charge in [-0.25, -0.2) is 0 Å². The van der Waals surface area contributed by atoms with Gasteiger partial charge < -0.3 is 9.73 Å². The molecule has 1 N–H and O–H groups in total. The van der Waals surface area contributed by atoms with Crippen molar-refractivity contribution in [3.8, 4) is 11.5 Å². The van der Waals surface area contributed by atoms with E-state index in [-0.39, 0.29) is 0 Å². The van der Waals surface area contributed by atoms with E-state index in [4.69, 9.17) is 4.42 Å². The third-order valence-electron chi connectivity index (χ3n) is 2.94. The van der Waals surface area contributed by atoms with Gasteiger partial charge in [-0.1, -0.05) is 12.1 Å². The second kappa shape index (κ2) is 5.52. The van der Waals surface area contributed by atoms with E-state index in [1.54, 1.807) is 0 Å². The number of nitrogens with zero attached hydrogens (tertiary/aromatic N) is 3. The van der Waals surface area contributed by atoms with Crippen molar-refractivity contribution in [2.45, 2.75) is 13.5 Å². The molecule has 0 aliphatic carbocycles. The van der Waals surface area contributed by atoms with Crippen LogP contribution in [0.25, 0.3) is 11.5 Å². The molecule has 3 rings (SSSR count). The van der Waals surface area contributed by atoms with Crippen LogP contribution in [0.5, 0.6) is 0 Å². The molecule has 2 aromatic heterocycles. The summed E-state index contributed by atoms with van der Waals surface area (Å²) in [4.78, 5) is 4.28. The van der Waals surface area contributed by atoms with Gasteiger partial charge >= 0.3 is 0 Å². The van der Waals surface area contributed by atoms with Crippen molar-refractivity contribution in [1.29, 1.82) is 0 Å². The zero-order valence-electron chi connectivity index (χ0n) is 11.1. The van der Waals surface area contributed by atoms with E-state index in [2.05, 4.69) is 26.6 Å². The average molecular weight is 266 g/mol. The molecule has 0 radical (unpaired) electrons. The first-order valence-electron chi connectivity index (χ1n) is 6.33. The SMILES string of the molecule is Cc1ccc(CNc2cccc(-c3nnco3)c2)cn1. The van der Waals surface area contributed by atoms with Crippen LogP contribution in [0.3, 0.4) is 0 Å². The van der Waals surface area contributed by atoms with Crippen molar-refractivity contribution in [2.24, 2.45) is 0 Å². The Bertz CT molecular complexity index is 677. The number of benzene rings is 1. The van der Waals surface area contributed by atoms with Crippen LogP contribution < -0.4 is 5.32 Å². The van der Waals surface area contributed by atoms with Crippen molar-refractivity contribution < 1.29 is 4.42 Å². The fourth-order valence-electron chi connectivity index (χ4n) is 1.87. The topological polar surface area (TPSA) is 63.8 Å². The second-order valence-corrected chi connectivity index (χ2v) is 4.49. The number of rotatable bonds is 4. The van der Waals surface area contributed by atoms with Gasteiger partial charge in [0.05, 0.1) is 0 Å². The summed E-state index contributed by atoms with van der Waals surface area (Å²) in [5.41, 5.74) is 4.06. The van der Waals surface area contributed by atoms with Crippen LogP contribution in [-0.2, 0) is 6.54 Å². The lowest BCUT2D eigenvalue weighted by Gasteiger charge is -2.07. The summed E-state index contributed by atoms with van der Waals surface area (Å²) in [6, 6.07) is 11.9. The van der Waals surface area contributed by atoms with Crippen LogP contribution in [0.1, 0.15) is 11.3 Å². The van der Waals surface area contributed by atoms with Gasteiger partial charge in [-0.2, -0.15) is 0 Å². The molecule has 0 saturated heterocycles. The minimum Gasteiger partial charge on any atom is -0.423 e. The largest absolute Gasteiger partial charge is 0.423 e. The molecule has 0 spiro atoms. The Morgan fingerprint density at radius 1 is 1.20 bits per heavy atom. The van der Waals surface area contributed by atoms with Gasteiger partial charge in [0, 0.05) is 29.7 Å². The van der Waals surface area contributed by atoms with Gasteiger partial charge in [0.1, 0.15) is 0 Å². The zero-order chi connectivity index (χ0) is 13.8. The zero-order valence-corrected chi connectivity index (χ0v) is 11.1. The van der Waals surface area contributed by atoms with Crippen molar-refractivity contribution in [2.75, 3.05) is 5.32 Å². The lowest BCUT2D eigenvalue weighted by atomic mass is 10.2. The predicted octanol–water partition coefficient (Wildman–Crippen LogP) is 3.05. The first-order valence-corrected chi connectivity index (χ1v) is 6.33. The third-order valence-corrected chi connectivity index (χ3v) is 2.94. The summed E-state index contributed by atoms with van der Waals surface area (Å²) in [5, 5.41) is 10.9. The normalized spacial score (nSPS) is 10.4. The van der Waals surface area contributed by atoms with E-state index in [0.29, 0.717) is 5.89 Å².